The zero-order chi connectivity index (χ0) is 25.2. The van der Waals surface area contributed by atoms with E-state index in [0.717, 1.165) is 0 Å². The van der Waals surface area contributed by atoms with Crippen molar-refractivity contribution in [2.24, 2.45) is 0 Å². The summed E-state index contributed by atoms with van der Waals surface area (Å²) in [6.07, 6.45) is 0.482. The van der Waals surface area contributed by atoms with Crippen LogP contribution in [0.3, 0.4) is 0 Å². The molecular weight excluding hydrogens is 482 g/mol. The van der Waals surface area contributed by atoms with Crippen molar-refractivity contribution in [2.75, 3.05) is 18.0 Å². The Bertz CT molecular complexity index is 1650. The van der Waals surface area contributed by atoms with Gasteiger partial charge in [-0.05, 0) is 36.6 Å². The van der Waals surface area contributed by atoms with Crippen molar-refractivity contribution in [3.05, 3.63) is 109 Å². The first kappa shape index (κ1) is 22.4. The van der Waals surface area contributed by atoms with Crippen molar-refractivity contribution in [3.63, 3.8) is 0 Å². The number of amides is 1. The number of nitro groups is 1. The lowest BCUT2D eigenvalue weighted by molar-refractivity contribution is -0.385. The molecule has 0 bridgehead atoms. The monoisotopic (exact) mass is 501 g/mol. The highest BCUT2D eigenvalue weighted by Crippen LogP contribution is 2.45. The minimum atomic E-state index is -1.46. The second-order valence-corrected chi connectivity index (χ2v) is 9.32. The average molecular weight is 502 g/mol. The Morgan fingerprint density at radius 3 is 2.64 bits per heavy atom. The first-order chi connectivity index (χ1) is 17.3. The minimum Gasteiger partial charge on any atom is -0.310 e. The van der Waals surface area contributed by atoms with Crippen molar-refractivity contribution in [1.82, 2.24) is 14.9 Å². The van der Waals surface area contributed by atoms with E-state index in [0.29, 0.717) is 46.7 Å². The number of nitrogens with zero attached hydrogens (tertiary/aromatic N) is 4. The van der Waals surface area contributed by atoms with Crippen LogP contribution in [-0.4, -0.2) is 33.5 Å². The molecule has 0 saturated heterocycles. The van der Waals surface area contributed by atoms with Gasteiger partial charge in [-0.25, -0.2) is 4.98 Å². The van der Waals surface area contributed by atoms with E-state index in [-0.39, 0.29) is 28.5 Å². The number of nitro benzene ring substituents is 1. The van der Waals surface area contributed by atoms with Crippen molar-refractivity contribution in [2.45, 2.75) is 19.0 Å². The Kier molecular flexibility index (Phi) is 4.96. The van der Waals surface area contributed by atoms with Gasteiger partial charge in [0.15, 0.2) is 5.66 Å². The summed E-state index contributed by atoms with van der Waals surface area (Å²) >= 11 is 6.47. The number of hydrogen-bond donors (Lipinski definition) is 1. The maximum atomic E-state index is 14.2. The predicted molar refractivity (Wildman–Crippen MR) is 136 cm³/mol. The Hall–Kier alpha value is -4.08. The van der Waals surface area contributed by atoms with Crippen LogP contribution in [0.25, 0.3) is 10.9 Å². The molecule has 2 aliphatic rings. The number of fused-ring (bicyclic) bond motifs is 1. The number of aromatic nitrogens is 2. The van der Waals surface area contributed by atoms with Crippen LogP contribution in [0, 0.1) is 17.0 Å². The number of carbonyl (C=O) groups excluding carboxylic acids is 1. The number of non-ortho nitro benzene ring substituents is 1. The first-order valence-electron chi connectivity index (χ1n) is 11.4. The zero-order valence-electron chi connectivity index (χ0n) is 19.2. The average Bonchev–Trinajstić information content (AvgIpc) is 3.25. The molecule has 4 aromatic rings. The van der Waals surface area contributed by atoms with Crippen LogP contribution >= 0.6 is 11.6 Å². The van der Waals surface area contributed by atoms with Gasteiger partial charge in [0.2, 0.25) is 5.91 Å². The van der Waals surface area contributed by atoms with E-state index in [2.05, 4.69) is 10.3 Å². The molecule has 1 amide bonds. The number of aryl methyl sites for hydroxylation is 1. The van der Waals surface area contributed by atoms with E-state index < -0.39 is 16.1 Å². The predicted octanol–water partition coefficient (Wildman–Crippen LogP) is 3.51. The summed E-state index contributed by atoms with van der Waals surface area (Å²) < 4.78 is 1.48. The normalized spacial score (nSPS) is 18.8. The minimum absolute atomic E-state index is 0.0940. The molecule has 9 nitrogen and oxygen atoms in total. The molecule has 10 heteroatoms. The van der Waals surface area contributed by atoms with E-state index in [1.54, 1.807) is 30.0 Å². The molecule has 1 unspecified atom stereocenters. The fraction of sp³-hybridized carbons (Fsp3) is 0.192. The molecule has 36 heavy (non-hydrogen) atoms. The van der Waals surface area contributed by atoms with Gasteiger partial charge < -0.3 is 4.90 Å². The third-order valence-electron chi connectivity index (χ3n) is 6.99. The summed E-state index contributed by atoms with van der Waals surface area (Å²) in [5, 5.41) is 15.8. The highest BCUT2D eigenvalue weighted by Gasteiger charge is 2.47. The molecule has 0 aliphatic carbocycles. The Balaban J connectivity index is 1.83. The summed E-state index contributed by atoms with van der Waals surface area (Å²) in [6, 6.07) is 17.2. The summed E-state index contributed by atoms with van der Waals surface area (Å²) in [5.41, 5.74) is 0.803. The van der Waals surface area contributed by atoms with Gasteiger partial charge in [-0.1, -0.05) is 48.0 Å². The Morgan fingerprint density at radius 2 is 1.89 bits per heavy atom. The quantitative estimate of drug-likeness (QED) is 0.340. The van der Waals surface area contributed by atoms with E-state index in [9.17, 15) is 19.7 Å². The third kappa shape index (κ3) is 3.03. The summed E-state index contributed by atoms with van der Waals surface area (Å²) in [5.74, 6) is 0.185. The van der Waals surface area contributed by atoms with Gasteiger partial charge in [0, 0.05) is 24.2 Å². The van der Waals surface area contributed by atoms with Gasteiger partial charge in [-0.15, -0.1) is 0 Å². The zero-order valence-corrected chi connectivity index (χ0v) is 20.0. The van der Waals surface area contributed by atoms with Gasteiger partial charge in [-0.3, -0.25) is 29.6 Å². The lowest BCUT2D eigenvalue weighted by Crippen LogP contribution is -2.55. The van der Waals surface area contributed by atoms with Gasteiger partial charge in [0.25, 0.3) is 11.2 Å². The lowest BCUT2D eigenvalue weighted by atomic mass is 9.87. The summed E-state index contributed by atoms with van der Waals surface area (Å²) in [6.45, 7) is 2.02. The van der Waals surface area contributed by atoms with Gasteiger partial charge in [-0.2, -0.15) is 0 Å². The second-order valence-electron chi connectivity index (χ2n) is 8.92. The molecule has 1 N–H and O–H groups in total. The molecule has 1 atom stereocenters. The molecule has 2 aliphatic heterocycles. The maximum Gasteiger partial charge on any atom is 0.270 e. The van der Waals surface area contributed by atoms with Crippen LogP contribution < -0.4 is 15.8 Å². The standard InChI is InChI=1S/C26H20ClN5O4/c1-15-29-21-9-5-8-20(27)23(21)25(34)31(15)26(17-6-3-2-4-7-17)19-13-18(32(35)36)12-16-10-11-30(24(16)19)22(33)14-28-26/h2-9,12-13,28H,10-11,14H2,1H3. The number of hydrogen-bond acceptors (Lipinski definition) is 6. The largest absolute Gasteiger partial charge is 0.310 e. The summed E-state index contributed by atoms with van der Waals surface area (Å²) in [4.78, 5) is 45.3. The van der Waals surface area contributed by atoms with Crippen LogP contribution in [0.4, 0.5) is 11.4 Å². The molecule has 0 fully saturated rings. The number of anilines is 1. The van der Waals surface area contributed by atoms with E-state index in [4.69, 9.17) is 11.6 Å². The van der Waals surface area contributed by atoms with Crippen molar-refractivity contribution >= 4 is 39.8 Å². The van der Waals surface area contributed by atoms with Crippen LogP contribution in [0.1, 0.15) is 22.5 Å². The van der Waals surface area contributed by atoms with Crippen LogP contribution in [-0.2, 0) is 16.9 Å². The van der Waals surface area contributed by atoms with Crippen LogP contribution in [0.15, 0.2) is 65.5 Å². The third-order valence-corrected chi connectivity index (χ3v) is 7.30. The van der Waals surface area contributed by atoms with E-state index >= 15 is 0 Å². The molecule has 6 rings (SSSR count). The van der Waals surface area contributed by atoms with Gasteiger partial charge in [0.05, 0.1) is 33.1 Å². The van der Waals surface area contributed by atoms with E-state index in [1.807, 2.05) is 30.3 Å². The van der Waals surface area contributed by atoms with Crippen molar-refractivity contribution in [1.29, 1.82) is 0 Å². The molecular formula is C26H20ClN5O4. The van der Waals surface area contributed by atoms with Crippen LogP contribution in [0.5, 0.6) is 0 Å². The molecule has 0 saturated carbocycles. The summed E-state index contributed by atoms with van der Waals surface area (Å²) in [7, 11) is 0. The molecule has 0 radical (unpaired) electrons. The Morgan fingerprint density at radius 1 is 1.11 bits per heavy atom. The highest BCUT2D eigenvalue weighted by atomic mass is 35.5. The number of halogens is 1. The fourth-order valence-corrected chi connectivity index (χ4v) is 5.77. The van der Waals surface area contributed by atoms with E-state index in [1.165, 1.54) is 16.7 Å². The maximum absolute atomic E-state index is 14.2. The Labute approximate surface area is 210 Å². The SMILES string of the molecule is Cc1nc2cccc(Cl)c2c(=O)n1C1(c2ccccc2)NCC(=O)N2CCc3cc([N+](=O)[O-])cc1c32. The molecule has 180 valence electrons. The fourth-order valence-electron chi connectivity index (χ4n) is 5.52. The second kappa shape index (κ2) is 7.97. The highest BCUT2D eigenvalue weighted by molar-refractivity contribution is 6.35. The van der Waals surface area contributed by atoms with Crippen LogP contribution in [0.2, 0.25) is 5.02 Å². The number of benzene rings is 3. The van der Waals surface area contributed by atoms with Crippen molar-refractivity contribution in [3.8, 4) is 0 Å². The molecule has 0 spiro atoms. The molecule has 1 aromatic heterocycles. The van der Waals surface area contributed by atoms with Gasteiger partial charge >= 0.3 is 0 Å². The molecule has 3 heterocycles. The lowest BCUT2D eigenvalue weighted by Gasteiger charge is -2.38. The number of nitrogens with one attached hydrogen (secondary N) is 1. The van der Waals surface area contributed by atoms with Crippen molar-refractivity contribution < 1.29 is 9.72 Å². The number of rotatable bonds is 3. The smallest absolute Gasteiger partial charge is 0.270 e. The van der Waals surface area contributed by atoms with Gasteiger partial charge in [0.1, 0.15) is 5.82 Å². The first-order valence-corrected chi connectivity index (χ1v) is 11.8. The molecule has 3 aromatic carbocycles. The topological polar surface area (TPSA) is 110 Å². The number of carbonyl (C=O) groups is 1.